The van der Waals surface area contributed by atoms with Crippen LogP contribution in [0.3, 0.4) is 0 Å². The van der Waals surface area contributed by atoms with Crippen molar-refractivity contribution in [3.8, 4) is 0 Å². The normalized spacial score (nSPS) is 18.2. The van der Waals surface area contributed by atoms with Gasteiger partial charge in [0.05, 0.1) is 0 Å². The number of nitrogens with zero attached hydrogens (tertiary/aromatic N) is 1. The molecule has 0 spiro atoms. The fourth-order valence-electron chi connectivity index (χ4n) is 2.43. The van der Waals surface area contributed by atoms with Crippen molar-refractivity contribution in [3.63, 3.8) is 0 Å². The highest BCUT2D eigenvalue weighted by molar-refractivity contribution is 5.88. The van der Waals surface area contributed by atoms with E-state index in [1.165, 1.54) is 5.69 Å². The summed E-state index contributed by atoms with van der Waals surface area (Å²) in [6, 6.07) is 10.5. The van der Waals surface area contributed by atoms with Gasteiger partial charge in [-0.25, -0.2) is 0 Å². The fraction of sp³-hybridized carbons (Fsp3) is 0.438. The maximum absolute atomic E-state index is 11.6. The summed E-state index contributed by atoms with van der Waals surface area (Å²) in [5.74, 6) is 0.577. The SMILES string of the molecule is CC(C)=CC(=O)NC[C@H]1CCN(c2ccccc2)C1. The molecular weight excluding hydrogens is 236 g/mol. The molecule has 1 heterocycles. The van der Waals surface area contributed by atoms with Crippen LogP contribution in [0.5, 0.6) is 0 Å². The van der Waals surface area contributed by atoms with Gasteiger partial charge in [0.1, 0.15) is 0 Å². The lowest BCUT2D eigenvalue weighted by molar-refractivity contribution is -0.116. The average Bonchev–Trinajstić information content (AvgIpc) is 2.85. The van der Waals surface area contributed by atoms with E-state index in [0.29, 0.717) is 5.92 Å². The van der Waals surface area contributed by atoms with E-state index in [1.54, 1.807) is 6.08 Å². The second-order valence-electron chi connectivity index (χ2n) is 5.40. The van der Waals surface area contributed by atoms with Gasteiger partial charge in [-0.2, -0.15) is 0 Å². The minimum absolute atomic E-state index is 0.0261. The van der Waals surface area contributed by atoms with E-state index < -0.39 is 0 Å². The second kappa shape index (κ2) is 6.41. The highest BCUT2D eigenvalue weighted by atomic mass is 16.1. The third kappa shape index (κ3) is 4.12. The van der Waals surface area contributed by atoms with Crippen molar-refractivity contribution in [2.75, 3.05) is 24.5 Å². The first-order chi connectivity index (χ1) is 9.15. The largest absolute Gasteiger partial charge is 0.371 e. The molecule has 1 atom stereocenters. The number of nitrogens with one attached hydrogen (secondary N) is 1. The van der Waals surface area contributed by atoms with Crippen LogP contribution in [0, 0.1) is 5.92 Å². The van der Waals surface area contributed by atoms with Gasteiger partial charge in [0, 0.05) is 31.4 Å². The molecule has 1 N–H and O–H groups in total. The van der Waals surface area contributed by atoms with Crippen LogP contribution in [0.4, 0.5) is 5.69 Å². The molecule has 1 aliphatic heterocycles. The van der Waals surface area contributed by atoms with Gasteiger partial charge in [0.15, 0.2) is 0 Å². The molecule has 102 valence electrons. The smallest absolute Gasteiger partial charge is 0.243 e. The summed E-state index contributed by atoms with van der Waals surface area (Å²) in [6.07, 6.45) is 2.80. The maximum atomic E-state index is 11.6. The number of amides is 1. The fourth-order valence-corrected chi connectivity index (χ4v) is 2.43. The Morgan fingerprint density at radius 2 is 2.11 bits per heavy atom. The van der Waals surface area contributed by atoms with Gasteiger partial charge in [-0.3, -0.25) is 4.79 Å². The molecule has 3 heteroatoms. The standard InChI is InChI=1S/C16H22N2O/c1-13(2)10-16(19)17-11-14-8-9-18(12-14)15-6-4-3-5-7-15/h3-7,10,14H,8-9,11-12H2,1-2H3,(H,17,19)/t14-/m1/s1. The van der Waals surface area contributed by atoms with E-state index in [-0.39, 0.29) is 5.91 Å². The summed E-state index contributed by atoms with van der Waals surface area (Å²) >= 11 is 0. The van der Waals surface area contributed by atoms with Crippen LogP contribution in [0.25, 0.3) is 0 Å². The first-order valence-corrected chi connectivity index (χ1v) is 6.88. The number of carbonyl (C=O) groups is 1. The van der Waals surface area contributed by atoms with Crippen molar-refractivity contribution >= 4 is 11.6 Å². The third-order valence-corrected chi connectivity index (χ3v) is 3.39. The van der Waals surface area contributed by atoms with Gasteiger partial charge in [-0.15, -0.1) is 0 Å². The molecule has 1 aromatic carbocycles. The number of anilines is 1. The van der Waals surface area contributed by atoms with Gasteiger partial charge >= 0.3 is 0 Å². The van der Waals surface area contributed by atoms with E-state index in [9.17, 15) is 4.79 Å². The Hall–Kier alpha value is -1.77. The Kier molecular flexibility index (Phi) is 4.61. The van der Waals surface area contributed by atoms with E-state index in [2.05, 4.69) is 34.5 Å². The van der Waals surface area contributed by atoms with Crippen molar-refractivity contribution in [1.82, 2.24) is 5.32 Å². The van der Waals surface area contributed by atoms with Crippen molar-refractivity contribution in [2.24, 2.45) is 5.92 Å². The molecule has 0 unspecified atom stereocenters. The highest BCUT2D eigenvalue weighted by Gasteiger charge is 2.22. The molecule has 3 nitrogen and oxygen atoms in total. The van der Waals surface area contributed by atoms with E-state index in [1.807, 2.05) is 19.9 Å². The van der Waals surface area contributed by atoms with Gasteiger partial charge in [-0.05, 0) is 38.3 Å². The van der Waals surface area contributed by atoms with Gasteiger partial charge in [-0.1, -0.05) is 23.8 Å². The molecule has 1 amide bonds. The van der Waals surface area contributed by atoms with Crippen molar-refractivity contribution < 1.29 is 4.79 Å². The van der Waals surface area contributed by atoms with Gasteiger partial charge in [0.2, 0.25) is 5.91 Å². The Morgan fingerprint density at radius 3 is 2.79 bits per heavy atom. The van der Waals surface area contributed by atoms with Crippen molar-refractivity contribution in [2.45, 2.75) is 20.3 Å². The summed E-state index contributed by atoms with van der Waals surface area (Å²) in [5, 5.41) is 2.99. The number of para-hydroxylation sites is 1. The molecule has 1 aliphatic rings. The van der Waals surface area contributed by atoms with Crippen LogP contribution in [0.1, 0.15) is 20.3 Å². The number of allylic oxidation sites excluding steroid dienone is 1. The molecule has 0 aliphatic carbocycles. The van der Waals surface area contributed by atoms with Crippen LogP contribution in [-0.2, 0) is 4.79 Å². The Balaban J connectivity index is 1.80. The number of hydrogen-bond acceptors (Lipinski definition) is 2. The number of carbonyl (C=O) groups excluding carboxylic acids is 1. The molecular formula is C16H22N2O. The number of benzene rings is 1. The molecule has 2 rings (SSSR count). The first kappa shape index (κ1) is 13.7. The zero-order valence-corrected chi connectivity index (χ0v) is 11.7. The zero-order valence-electron chi connectivity index (χ0n) is 11.7. The molecule has 0 radical (unpaired) electrons. The third-order valence-electron chi connectivity index (χ3n) is 3.39. The predicted octanol–water partition coefficient (Wildman–Crippen LogP) is 2.60. The maximum Gasteiger partial charge on any atom is 0.243 e. The first-order valence-electron chi connectivity index (χ1n) is 6.88. The Morgan fingerprint density at radius 1 is 1.37 bits per heavy atom. The Bertz CT molecular complexity index is 449. The second-order valence-corrected chi connectivity index (χ2v) is 5.40. The summed E-state index contributed by atoms with van der Waals surface area (Å²) in [4.78, 5) is 13.9. The predicted molar refractivity (Wildman–Crippen MR) is 79.2 cm³/mol. The summed E-state index contributed by atoms with van der Waals surface area (Å²) in [7, 11) is 0. The summed E-state index contributed by atoms with van der Waals surface area (Å²) < 4.78 is 0. The van der Waals surface area contributed by atoms with E-state index in [4.69, 9.17) is 0 Å². The molecule has 1 saturated heterocycles. The van der Waals surface area contributed by atoms with Crippen molar-refractivity contribution in [1.29, 1.82) is 0 Å². The number of hydrogen-bond donors (Lipinski definition) is 1. The number of rotatable bonds is 4. The molecule has 1 aromatic rings. The lowest BCUT2D eigenvalue weighted by Crippen LogP contribution is -2.30. The molecule has 0 saturated carbocycles. The average molecular weight is 258 g/mol. The van der Waals surface area contributed by atoms with E-state index in [0.717, 1.165) is 31.6 Å². The summed E-state index contributed by atoms with van der Waals surface area (Å²) in [6.45, 7) is 6.75. The minimum atomic E-state index is 0.0261. The minimum Gasteiger partial charge on any atom is -0.371 e. The molecule has 0 aromatic heterocycles. The Labute approximate surface area is 115 Å². The monoisotopic (exact) mass is 258 g/mol. The quantitative estimate of drug-likeness (QED) is 0.842. The topological polar surface area (TPSA) is 32.3 Å². The van der Waals surface area contributed by atoms with Crippen LogP contribution in [0.2, 0.25) is 0 Å². The lowest BCUT2D eigenvalue weighted by atomic mass is 10.1. The molecule has 0 bridgehead atoms. The van der Waals surface area contributed by atoms with Crippen LogP contribution >= 0.6 is 0 Å². The highest BCUT2D eigenvalue weighted by Crippen LogP contribution is 2.22. The summed E-state index contributed by atoms with van der Waals surface area (Å²) in [5.41, 5.74) is 2.32. The zero-order chi connectivity index (χ0) is 13.7. The lowest BCUT2D eigenvalue weighted by Gasteiger charge is -2.18. The van der Waals surface area contributed by atoms with Gasteiger partial charge < -0.3 is 10.2 Å². The van der Waals surface area contributed by atoms with Gasteiger partial charge in [0.25, 0.3) is 0 Å². The molecule has 19 heavy (non-hydrogen) atoms. The van der Waals surface area contributed by atoms with E-state index >= 15 is 0 Å². The van der Waals surface area contributed by atoms with Crippen LogP contribution < -0.4 is 10.2 Å². The van der Waals surface area contributed by atoms with Crippen LogP contribution in [-0.4, -0.2) is 25.5 Å². The van der Waals surface area contributed by atoms with Crippen LogP contribution in [0.15, 0.2) is 42.0 Å². The van der Waals surface area contributed by atoms with Crippen molar-refractivity contribution in [3.05, 3.63) is 42.0 Å². The molecule has 1 fully saturated rings.